The first-order valence-electron chi connectivity index (χ1n) is 10.3. The molecule has 0 fully saturated rings. The maximum Gasteiger partial charge on any atom is 0.341 e. The van der Waals surface area contributed by atoms with Crippen molar-refractivity contribution in [2.45, 2.75) is 26.4 Å². The van der Waals surface area contributed by atoms with Crippen LogP contribution in [-0.2, 0) is 24.2 Å². The molecule has 4 rings (SSSR count). The van der Waals surface area contributed by atoms with Gasteiger partial charge in [-0.25, -0.2) is 9.78 Å². The number of halogens is 1. The molecule has 5 nitrogen and oxygen atoms in total. The second-order valence-electron chi connectivity index (χ2n) is 7.31. The number of rotatable bonds is 8. The summed E-state index contributed by atoms with van der Waals surface area (Å²) in [6, 6.07) is 16.0. The maximum atomic E-state index is 12.2. The lowest BCUT2D eigenvalue weighted by Gasteiger charge is -2.09. The van der Waals surface area contributed by atoms with E-state index in [9.17, 15) is 4.79 Å². The fourth-order valence-corrected chi connectivity index (χ4v) is 4.67. The van der Waals surface area contributed by atoms with Gasteiger partial charge in [0.1, 0.15) is 18.2 Å². The average Bonchev–Trinajstić information content (AvgIpc) is 3.23. The van der Waals surface area contributed by atoms with Crippen molar-refractivity contribution in [3.63, 3.8) is 0 Å². The van der Waals surface area contributed by atoms with E-state index in [1.165, 1.54) is 28.7 Å². The molecule has 0 radical (unpaired) electrons. The van der Waals surface area contributed by atoms with Crippen molar-refractivity contribution in [2.75, 3.05) is 12.3 Å². The van der Waals surface area contributed by atoms with Gasteiger partial charge in [-0.15, -0.1) is 11.3 Å². The fourth-order valence-electron chi connectivity index (χ4n) is 3.48. The molecule has 4 aromatic rings. The van der Waals surface area contributed by atoms with Crippen LogP contribution in [0.5, 0.6) is 5.75 Å². The first-order valence-corrected chi connectivity index (χ1v) is 11.6. The smallest absolute Gasteiger partial charge is 0.341 e. The summed E-state index contributed by atoms with van der Waals surface area (Å²) in [7, 11) is 0. The van der Waals surface area contributed by atoms with Gasteiger partial charge in [0, 0.05) is 22.2 Å². The Labute approximate surface area is 195 Å². The number of fused-ring (bicyclic) bond motifs is 1. The molecule has 32 heavy (non-hydrogen) atoms. The summed E-state index contributed by atoms with van der Waals surface area (Å²) in [6.45, 7) is 2.41. The number of thiophene rings is 1. The van der Waals surface area contributed by atoms with E-state index in [-0.39, 0.29) is 0 Å². The standard InChI is InChI=1S/C25H23ClN2O3S/c1-2-30-25(29)21-13-28-24(27)22-18(15-32-23(21)22)14-31-20-5-3-4-17(12-20)7-6-16-8-10-19(26)11-9-16/h3-5,8-13,15H,2,6-7,14H2,1H3,(H2,27,28). The number of carbonyl (C=O) groups is 1. The van der Waals surface area contributed by atoms with Gasteiger partial charge >= 0.3 is 5.97 Å². The highest BCUT2D eigenvalue weighted by Gasteiger charge is 2.18. The predicted octanol–water partition coefficient (Wildman–Crippen LogP) is 6.07. The van der Waals surface area contributed by atoms with Crippen LogP contribution >= 0.6 is 22.9 Å². The molecule has 164 valence electrons. The van der Waals surface area contributed by atoms with Crippen LogP contribution in [0.15, 0.2) is 60.1 Å². The Morgan fingerprint density at radius 2 is 1.91 bits per heavy atom. The van der Waals surface area contributed by atoms with Gasteiger partial charge in [-0.1, -0.05) is 35.9 Å². The van der Waals surface area contributed by atoms with Crippen LogP contribution in [0.3, 0.4) is 0 Å². The Hall–Kier alpha value is -3.09. The molecule has 0 aliphatic rings. The quantitative estimate of drug-likeness (QED) is 0.319. The number of nitrogens with zero attached hydrogens (tertiary/aromatic N) is 1. The highest BCUT2D eigenvalue weighted by atomic mass is 35.5. The lowest BCUT2D eigenvalue weighted by molar-refractivity contribution is 0.0528. The number of benzene rings is 2. The maximum absolute atomic E-state index is 12.2. The average molecular weight is 467 g/mol. The van der Waals surface area contributed by atoms with Crippen molar-refractivity contribution in [1.82, 2.24) is 4.98 Å². The SMILES string of the molecule is CCOC(=O)c1cnc(N)c2c(COc3cccc(CCc4ccc(Cl)cc4)c3)csc12. The van der Waals surface area contributed by atoms with E-state index in [0.29, 0.717) is 24.6 Å². The van der Waals surface area contributed by atoms with Gasteiger partial charge in [0.05, 0.1) is 16.9 Å². The summed E-state index contributed by atoms with van der Waals surface area (Å²) in [5, 5.41) is 3.45. The van der Waals surface area contributed by atoms with Gasteiger partial charge in [0.25, 0.3) is 0 Å². The van der Waals surface area contributed by atoms with Crippen LogP contribution in [-0.4, -0.2) is 17.6 Å². The van der Waals surface area contributed by atoms with Crippen LogP contribution in [0.2, 0.25) is 5.02 Å². The molecule has 2 heterocycles. The summed E-state index contributed by atoms with van der Waals surface area (Å²) in [5.74, 6) is 0.767. The highest BCUT2D eigenvalue weighted by Crippen LogP contribution is 2.33. The normalized spacial score (nSPS) is 10.9. The van der Waals surface area contributed by atoms with Gasteiger partial charge in [-0.3, -0.25) is 0 Å². The molecule has 0 spiro atoms. The molecular weight excluding hydrogens is 444 g/mol. The summed E-state index contributed by atoms with van der Waals surface area (Å²) < 4.78 is 12.0. The Bertz CT molecular complexity index is 1240. The second-order valence-corrected chi connectivity index (χ2v) is 8.62. The van der Waals surface area contributed by atoms with E-state index in [1.807, 2.05) is 41.8 Å². The van der Waals surface area contributed by atoms with E-state index < -0.39 is 5.97 Å². The number of aromatic nitrogens is 1. The van der Waals surface area contributed by atoms with Crippen LogP contribution < -0.4 is 10.5 Å². The Morgan fingerprint density at radius 3 is 2.69 bits per heavy atom. The molecule has 7 heteroatoms. The third kappa shape index (κ3) is 5.03. The van der Waals surface area contributed by atoms with E-state index in [2.05, 4.69) is 17.1 Å². The van der Waals surface area contributed by atoms with E-state index in [1.54, 1.807) is 6.92 Å². The molecule has 0 bridgehead atoms. The third-order valence-corrected chi connectivity index (χ3v) is 6.42. The second kappa shape index (κ2) is 10.0. The van der Waals surface area contributed by atoms with Crippen molar-refractivity contribution >= 4 is 44.8 Å². The number of nitrogen functional groups attached to an aromatic ring is 1. The van der Waals surface area contributed by atoms with Crippen molar-refractivity contribution in [2.24, 2.45) is 0 Å². The first kappa shape index (κ1) is 22.1. The molecular formula is C25H23ClN2O3S. The zero-order valence-corrected chi connectivity index (χ0v) is 19.2. The van der Waals surface area contributed by atoms with Gasteiger partial charge < -0.3 is 15.2 Å². The molecule has 2 aromatic heterocycles. The van der Waals surface area contributed by atoms with Crippen molar-refractivity contribution in [3.05, 3.63) is 87.4 Å². The highest BCUT2D eigenvalue weighted by molar-refractivity contribution is 7.17. The number of pyridine rings is 1. The van der Waals surface area contributed by atoms with Crippen LogP contribution in [0, 0.1) is 0 Å². The molecule has 0 aliphatic carbocycles. The molecule has 2 aromatic carbocycles. The molecule has 0 amide bonds. The number of anilines is 1. The van der Waals surface area contributed by atoms with Crippen molar-refractivity contribution in [3.8, 4) is 5.75 Å². The predicted molar refractivity (Wildman–Crippen MR) is 130 cm³/mol. The minimum absolute atomic E-state index is 0.306. The molecule has 0 saturated heterocycles. The van der Waals surface area contributed by atoms with Gasteiger partial charge in [-0.05, 0) is 60.5 Å². The number of carbonyl (C=O) groups excluding carboxylic acids is 1. The number of nitrogens with two attached hydrogens (primary N) is 1. The van der Waals surface area contributed by atoms with Crippen LogP contribution in [0.4, 0.5) is 5.82 Å². The molecule has 0 unspecified atom stereocenters. The van der Waals surface area contributed by atoms with E-state index in [0.717, 1.165) is 39.3 Å². The Kier molecular flexibility index (Phi) is 6.93. The summed E-state index contributed by atoms with van der Waals surface area (Å²) >= 11 is 7.40. The van der Waals surface area contributed by atoms with Crippen molar-refractivity contribution in [1.29, 1.82) is 0 Å². The summed E-state index contributed by atoms with van der Waals surface area (Å²) in [5.41, 5.74) is 9.88. The Morgan fingerprint density at radius 1 is 1.12 bits per heavy atom. The fraction of sp³-hybridized carbons (Fsp3) is 0.200. The molecule has 2 N–H and O–H groups in total. The zero-order valence-electron chi connectivity index (χ0n) is 17.6. The van der Waals surface area contributed by atoms with Crippen LogP contribution in [0.1, 0.15) is 34.0 Å². The monoisotopic (exact) mass is 466 g/mol. The van der Waals surface area contributed by atoms with Crippen LogP contribution in [0.25, 0.3) is 10.1 Å². The number of ether oxygens (including phenoxy) is 2. The number of hydrogen-bond acceptors (Lipinski definition) is 6. The number of hydrogen-bond donors (Lipinski definition) is 1. The van der Waals surface area contributed by atoms with Gasteiger partial charge in [-0.2, -0.15) is 0 Å². The van der Waals surface area contributed by atoms with E-state index >= 15 is 0 Å². The summed E-state index contributed by atoms with van der Waals surface area (Å²) in [4.78, 5) is 16.4. The zero-order chi connectivity index (χ0) is 22.5. The Balaban J connectivity index is 1.46. The number of esters is 1. The topological polar surface area (TPSA) is 74.4 Å². The first-order chi connectivity index (χ1) is 15.5. The molecule has 0 saturated carbocycles. The minimum atomic E-state index is -0.396. The number of aryl methyl sites for hydroxylation is 2. The van der Waals surface area contributed by atoms with Gasteiger partial charge in [0.2, 0.25) is 0 Å². The minimum Gasteiger partial charge on any atom is -0.489 e. The summed E-state index contributed by atoms with van der Waals surface area (Å²) in [6.07, 6.45) is 3.30. The molecule has 0 aliphatic heterocycles. The van der Waals surface area contributed by atoms with Gasteiger partial charge in [0.15, 0.2) is 0 Å². The third-order valence-electron chi connectivity index (χ3n) is 5.10. The van der Waals surface area contributed by atoms with Crippen molar-refractivity contribution < 1.29 is 14.3 Å². The lowest BCUT2D eigenvalue weighted by atomic mass is 10.0. The lowest BCUT2D eigenvalue weighted by Crippen LogP contribution is -2.06. The van der Waals surface area contributed by atoms with E-state index in [4.69, 9.17) is 26.8 Å². The molecule has 0 atom stereocenters. The largest absolute Gasteiger partial charge is 0.489 e.